The Morgan fingerprint density at radius 2 is 1.74 bits per heavy atom. The Hall–Kier alpha value is -4.43. The van der Waals surface area contributed by atoms with Gasteiger partial charge in [-0.15, -0.1) is 0 Å². The summed E-state index contributed by atoms with van der Waals surface area (Å²) in [6.07, 6.45) is 5.03. The van der Waals surface area contributed by atoms with Gasteiger partial charge in [0.05, 0.1) is 23.1 Å². The molecule has 0 saturated carbocycles. The molecule has 3 aromatic carbocycles. The van der Waals surface area contributed by atoms with E-state index in [1.807, 2.05) is 36.4 Å². The number of amides is 1. The fraction of sp³-hybridized carbons (Fsp3) is 0.194. The van der Waals surface area contributed by atoms with E-state index in [2.05, 4.69) is 25.4 Å². The lowest BCUT2D eigenvalue weighted by Gasteiger charge is -2.26. The van der Waals surface area contributed by atoms with E-state index in [0.717, 1.165) is 42.8 Å². The minimum Gasteiger partial charge on any atom is -0.319 e. The predicted molar refractivity (Wildman–Crippen MR) is 148 cm³/mol. The molecule has 0 spiro atoms. The largest absolute Gasteiger partial charge is 0.319 e. The highest BCUT2D eigenvalue weighted by Gasteiger charge is 2.19. The predicted octanol–water partition coefficient (Wildman–Crippen LogP) is 6.81. The first kappa shape index (κ1) is 24.9. The molecular formula is C31H27F2N5O. The molecule has 39 heavy (non-hydrogen) atoms. The van der Waals surface area contributed by atoms with E-state index in [4.69, 9.17) is 0 Å². The number of pyridine rings is 1. The summed E-state index contributed by atoms with van der Waals surface area (Å²) in [5.74, 6) is -2.22. The number of carbonyl (C=O) groups excluding carboxylic acids is 1. The normalized spacial score (nSPS) is 14.0. The second-order valence-electron chi connectivity index (χ2n) is 9.86. The van der Waals surface area contributed by atoms with Crippen LogP contribution in [0.4, 0.5) is 14.5 Å². The zero-order valence-corrected chi connectivity index (χ0v) is 21.3. The topological polar surface area (TPSA) is 73.9 Å². The SMILES string of the molecule is O=C(Nc1ccc(-c2ccccc2)nc1)c1n[nH]c2ccc(-c3cc(CN4CCCCC4)cc(F)c3F)cc12. The second-order valence-corrected chi connectivity index (χ2v) is 9.86. The van der Waals surface area contributed by atoms with Gasteiger partial charge in [-0.25, -0.2) is 8.78 Å². The standard InChI is InChI=1S/C31H27F2N5O/c32-26-16-20(19-38-13-5-2-6-14-38)15-24(29(26)33)22-9-11-28-25(17-22)30(37-36-28)31(39)35-23-10-12-27(34-18-23)21-7-3-1-4-8-21/h1,3-4,7-12,15-18H,2,5-6,13-14,19H2,(H,35,39)(H,36,37). The zero-order valence-electron chi connectivity index (χ0n) is 21.3. The van der Waals surface area contributed by atoms with Crippen LogP contribution >= 0.6 is 0 Å². The monoisotopic (exact) mass is 523 g/mol. The fourth-order valence-corrected chi connectivity index (χ4v) is 5.11. The summed E-state index contributed by atoms with van der Waals surface area (Å²) in [5, 5.41) is 10.4. The summed E-state index contributed by atoms with van der Waals surface area (Å²) < 4.78 is 29.6. The van der Waals surface area contributed by atoms with Gasteiger partial charge in [-0.1, -0.05) is 42.8 Å². The van der Waals surface area contributed by atoms with Gasteiger partial charge in [0.25, 0.3) is 5.91 Å². The van der Waals surface area contributed by atoms with Crippen LogP contribution < -0.4 is 5.32 Å². The number of benzene rings is 3. The van der Waals surface area contributed by atoms with Crippen LogP contribution in [0.25, 0.3) is 33.3 Å². The van der Waals surface area contributed by atoms with Crippen molar-refractivity contribution in [2.75, 3.05) is 18.4 Å². The molecule has 1 aliphatic heterocycles. The summed E-state index contributed by atoms with van der Waals surface area (Å²) in [6.45, 7) is 2.49. The van der Waals surface area contributed by atoms with E-state index < -0.39 is 17.5 Å². The zero-order chi connectivity index (χ0) is 26.8. The molecule has 1 saturated heterocycles. The molecule has 5 aromatic rings. The average Bonchev–Trinajstić information content (AvgIpc) is 3.40. The molecule has 2 aromatic heterocycles. The van der Waals surface area contributed by atoms with Crippen molar-refractivity contribution in [2.24, 2.45) is 0 Å². The van der Waals surface area contributed by atoms with Crippen LogP contribution in [0.3, 0.4) is 0 Å². The first-order valence-corrected chi connectivity index (χ1v) is 13.1. The molecule has 6 rings (SSSR count). The molecular weight excluding hydrogens is 496 g/mol. The van der Waals surface area contributed by atoms with Crippen LogP contribution in [0.5, 0.6) is 0 Å². The lowest BCUT2D eigenvalue weighted by Crippen LogP contribution is -2.29. The van der Waals surface area contributed by atoms with E-state index >= 15 is 0 Å². The number of nitrogens with one attached hydrogen (secondary N) is 2. The highest BCUT2D eigenvalue weighted by Crippen LogP contribution is 2.31. The lowest BCUT2D eigenvalue weighted by molar-refractivity contribution is 0.102. The number of anilines is 1. The summed E-state index contributed by atoms with van der Waals surface area (Å²) >= 11 is 0. The number of aromatic amines is 1. The van der Waals surface area contributed by atoms with Crippen LogP contribution in [-0.2, 0) is 6.54 Å². The molecule has 196 valence electrons. The number of carbonyl (C=O) groups is 1. The number of H-pyrrole nitrogens is 1. The quantitative estimate of drug-likeness (QED) is 0.257. The summed E-state index contributed by atoms with van der Waals surface area (Å²) in [7, 11) is 0. The van der Waals surface area contributed by atoms with Crippen molar-refractivity contribution in [3.63, 3.8) is 0 Å². The van der Waals surface area contributed by atoms with E-state index in [1.165, 1.54) is 12.5 Å². The van der Waals surface area contributed by atoms with Crippen molar-refractivity contribution in [3.05, 3.63) is 102 Å². The first-order chi connectivity index (χ1) is 19.0. The maximum absolute atomic E-state index is 15.0. The van der Waals surface area contributed by atoms with Crippen LogP contribution in [0.1, 0.15) is 35.3 Å². The molecule has 8 heteroatoms. The Labute approximate surface area is 224 Å². The van der Waals surface area contributed by atoms with Gasteiger partial charge in [0.1, 0.15) is 0 Å². The van der Waals surface area contributed by atoms with Crippen molar-refractivity contribution in [2.45, 2.75) is 25.8 Å². The van der Waals surface area contributed by atoms with E-state index in [0.29, 0.717) is 28.7 Å². The van der Waals surface area contributed by atoms with Gasteiger partial charge in [-0.3, -0.25) is 19.8 Å². The Morgan fingerprint density at radius 1 is 0.923 bits per heavy atom. The van der Waals surface area contributed by atoms with Crippen LogP contribution in [0.15, 0.2) is 79.0 Å². The number of hydrogen-bond acceptors (Lipinski definition) is 4. The van der Waals surface area contributed by atoms with Gasteiger partial charge in [0, 0.05) is 23.1 Å². The summed E-state index contributed by atoms with van der Waals surface area (Å²) in [4.78, 5) is 19.8. The van der Waals surface area contributed by atoms with Gasteiger partial charge in [0.2, 0.25) is 0 Å². The summed E-state index contributed by atoms with van der Waals surface area (Å²) in [5.41, 5.74) is 4.43. The minimum atomic E-state index is -0.907. The number of rotatable bonds is 6. The molecule has 0 radical (unpaired) electrons. The third-order valence-corrected chi connectivity index (χ3v) is 7.12. The Kier molecular flexibility index (Phi) is 6.85. The highest BCUT2D eigenvalue weighted by molar-refractivity contribution is 6.11. The number of hydrogen-bond donors (Lipinski definition) is 2. The van der Waals surface area contributed by atoms with Gasteiger partial charge in [-0.2, -0.15) is 5.10 Å². The van der Waals surface area contributed by atoms with E-state index in [-0.39, 0.29) is 11.3 Å². The molecule has 3 heterocycles. The maximum atomic E-state index is 15.0. The number of fused-ring (bicyclic) bond motifs is 1. The van der Waals surface area contributed by atoms with Crippen molar-refractivity contribution in [1.29, 1.82) is 0 Å². The van der Waals surface area contributed by atoms with Gasteiger partial charge in [0.15, 0.2) is 17.3 Å². The van der Waals surface area contributed by atoms with Crippen molar-refractivity contribution in [1.82, 2.24) is 20.1 Å². The van der Waals surface area contributed by atoms with E-state index in [1.54, 1.807) is 36.5 Å². The third kappa shape index (κ3) is 5.28. The number of likely N-dealkylation sites (tertiary alicyclic amines) is 1. The fourth-order valence-electron chi connectivity index (χ4n) is 5.11. The number of halogens is 2. The number of nitrogens with zero attached hydrogens (tertiary/aromatic N) is 3. The van der Waals surface area contributed by atoms with Crippen LogP contribution in [0, 0.1) is 11.6 Å². The van der Waals surface area contributed by atoms with Crippen LogP contribution in [0.2, 0.25) is 0 Å². The summed E-state index contributed by atoms with van der Waals surface area (Å²) in [6, 6.07) is 21.4. The molecule has 0 aliphatic carbocycles. The molecule has 1 aliphatic rings. The maximum Gasteiger partial charge on any atom is 0.276 e. The van der Waals surface area contributed by atoms with Gasteiger partial charge in [-0.05, 0) is 73.5 Å². The van der Waals surface area contributed by atoms with Gasteiger partial charge < -0.3 is 5.32 Å². The minimum absolute atomic E-state index is 0.157. The van der Waals surface area contributed by atoms with Gasteiger partial charge >= 0.3 is 0 Å². The number of piperidine rings is 1. The average molecular weight is 524 g/mol. The molecule has 0 bridgehead atoms. The van der Waals surface area contributed by atoms with E-state index in [9.17, 15) is 13.6 Å². The Balaban J connectivity index is 1.26. The molecule has 6 nitrogen and oxygen atoms in total. The molecule has 1 amide bonds. The number of aromatic nitrogens is 3. The molecule has 0 atom stereocenters. The van der Waals surface area contributed by atoms with Crippen molar-refractivity contribution in [3.8, 4) is 22.4 Å². The highest BCUT2D eigenvalue weighted by atomic mass is 19.2. The van der Waals surface area contributed by atoms with Crippen molar-refractivity contribution >= 4 is 22.5 Å². The van der Waals surface area contributed by atoms with Crippen molar-refractivity contribution < 1.29 is 13.6 Å². The molecule has 1 fully saturated rings. The molecule has 0 unspecified atom stereocenters. The Bertz CT molecular complexity index is 1630. The molecule has 2 N–H and O–H groups in total. The smallest absolute Gasteiger partial charge is 0.276 e. The third-order valence-electron chi connectivity index (χ3n) is 7.12. The lowest BCUT2D eigenvalue weighted by atomic mass is 9.99. The second kappa shape index (κ2) is 10.7. The first-order valence-electron chi connectivity index (χ1n) is 13.1. The van der Waals surface area contributed by atoms with Crippen LogP contribution in [-0.4, -0.2) is 39.1 Å². The Morgan fingerprint density at radius 3 is 2.51 bits per heavy atom.